The molecule has 1 unspecified atom stereocenters. The number of halogens is 4. The van der Waals surface area contributed by atoms with Crippen molar-refractivity contribution in [2.24, 2.45) is 0 Å². The van der Waals surface area contributed by atoms with Crippen LogP contribution in [0.2, 0.25) is 5.02 Å². The number of hydrogen-bond acceptors (Lipinski definition) is 2. The third-order valence-electron chi connectivity index (χ3n) is 5.40. The monoisotopic (exact) mass is 419 g/mol. The lowest BCUT2D eigenvalue weighted by Gasteiger charge is -2.39. The summed E-state index contributed by atoms with van der Waals surface area (Å²) in [5.74, 6) is -1.42. The zero-order chi connectivity index (χ0) is 20.8. The number of rotatable bonds is 2. The van der Waals surface area contributed by atoms with Gasteiger partial charge in [-0.15, -0.1) is 0 Å². The molecule has 2 aliphatic rings. The normalized spacial score (nSPS) is 20.1. The summed E-state index contributed by atoms with van der Waals surface area (Å²) in [6.45, 7) is 0. The number of amides is 1. The number of Topliss-reactive ketones (excluding diaryl/α,β-unsaturated/α-hetero) is 1. The molecule has 1 aliphatic heterocycles. The predicted molar refractivity (Wildman–Crippen MR) is 104 cm³/mol. The molecule has 0 N–H and O–H groups in total. The Morgan fingerprint density at radius 3 is 2.34 bits per heavy atom. The SMILES string of the molecule is O=C1CCCC2=C1C(c1ccccc1C(F)(F)F)CC(=O)N2c1ccc(Cl)cc1. The number of carbonyl (C=O) groups excluding carboxylic acids is 2. The first-order valence-corrected chi connectivity index (χ1v) is 9.66. The standard InChI is InChI=1S/C22H17ClF3NO2/c23-13-8-10-14(11-9-13)27-18-6-3-7-19(28)21(18)16(12-20(27)29)15-4-1-2-5-17(15)22(24,25)26/h1-2,4-5,8-11,16H,3,6-7,12H2. The van der Waals surface area contributed by atoms with Gasteiger partial charge in [0.25, 0.3) is 0 Å². The van der Waals surface area contributed by atoms with E-state index < -0.39 is 17.7 Å². The first kappa shape index (κ1) is 19.7. The molecule has 0 bridgehead atoms. The summed E-state index contributed by atoms with van der Waals surface area (Å²) in [7, 11) is 0. The van der Waals surface area contributed by atoms with E-state index in [9.17, 15) is 22.8 Å². The van der Waals surface area contributed by atoms with Crippen molar-refractivity contribution in [1.29, 1.82) is 0 Å². The highest BCUT2D eigenvalue weighted by Crippen LogP contribution is 2.46. The molecular formula is C22H17ClF3NO2. The van der Waals surface area contributed by atoms with Gasteiger partial charge in [0.15, 0.2) is 5.78 Å². The van der Waals surface area contributed by atoms with E-state index in [2.05, 4.69) is 0 Å². The van der Waals surface area contributed by atoms with Gasteiger partial charge in [0.2, 0.25) is 5.91 Å². The van der Waals surface area contributed by atoms with E-state index in [0.717, 1.165) is 6.07 Å². The minimum atomic E-state index is -4.56. The Labute approximate surface area is 170 Å². The highest BCUT2D eigenvalue weighted by molar-refractivity contribution is 6.30. The maximum atomic E-state index is 13.6. The molecule has 0 spiro atoms. The largest absolute Gasteiger partial charge is 0.416 e. The average molecular weight is 420 g/mol. The minimum absolute atomic E-state index is 0.0214. The summed E-state index contributed by atoms with van der Waals surface area (Å²) in [5, 5.41) is 0.504. The van der Waals surface area contributed by atoms with E-state index >= 15 is 0 Å². The van der Waals surface area contributed by atoms with E-state index in [1.165, 1.54) is 23.1 Å². The lowest BCUT2D eigenvalue weighted by Crippen LogP contribution is -2.40. The molecule has 1 atom stereocenters. The number of benzene rings is 2. The molecule has 4 rings (SSSR count). The third kappa shape index (κ3) is 3.57. The Bertz CT molecular complexity index is 1010. The van der Waals surface area contributed by atoms with Crippen molar-refractivity contribution in [3.8, 4) is 0 Å². The van der Waals surface area contributed by atoms with Crippen molar-refractivity contribution in [2.45, 2.75) is 37.8 Å². The van der Waals surface area contributed by atoms with Gasteiger partial charge in [0, 0.05) is 40.7 Å². The number of allylic oxidation sites excluding steroid dienone is 2. The van der Waals surface area contributed by atoms with E-state index in [0.29, 0.717) is 34.8 Å². The molecule has 1 heterocycles. The fraction of sp³-hybridized carbons (Fsp3) is 0.273. The van der Waals surface area contributed by atoms with Gasteiger partial charge in [0.05, 0.1) is 5.56 Å². The van der Waals surface area contributed by atoms with Gasteiger partial charge in [-0.3, -0.25) is 14.5 Å². The van der Waals surface area contributed by atoms with Crippen molar-refractivity contribution in [1.82, 2.24) is 0 Å². The van der Waals surface area contributed by atoms with Crippen LogP contribution < -0.4 is 4.90 Å². The summed E-state index contributed by atoms with van der Waals surface area (Å²) in [5.41, 5.74) is 0.559. The van der Waals surface area contributed by atoms with Crippen LogP contribution in [-0.2, 0) is 15.8 Å². The Hall–Kier alpha value is -2.60. The molecular weight excluding hydrogens is 403 g/mol. The summed E-state index contributed by atoms with van der Waals surface area (Å²) in [6, 6.07) is 11.8. The molecule has 1 amide bonds. The van der Waals surface area contributed by atoms with Gasteiger partial charge in [-0.25, -0.2) is 0 Å². The summed E-state index contributed by atoms with van der Waals surface area (Å²) >= 11 is 5.93. The van der Waals surface area contributed by atoms with Crippen LogP contribution in [0.1, 0.15) is 42.7 Å². The maximum absolute atomic E-state index is 13.6. The van der Waals surface area contributed by atoms with Crippen LogP contribution >= 0.6 is 11.6 Å². The molecule has 0 fully saturated rings. The molecule has 0 radical (unpaired) electrons. The Morgan fingerprint density at radius 1 is 0.966 bits per heavy atom. The van der Waals surface area contributed by atoms with Gasteiger partial charge in [-0.2, -0.15) is 13.2 Å². The molecule has 2 aromatic rings. The molecule has 0 saturated carbocycles. The molecule has 29 heavy (non-hydrogen) atoms. The van der Waals surface area contributed by atoms with Crippen LogP contribution in [0.15, 0.2) is 59.8 Å². The third-order valence-corrected chi connectivity index (χ3v) is 5.65. The van der Waals surface area contributed by atoms with E-state index in [-0.39, 0.29) is 30.1 Å². The minimum Gasteiger partial charge on any atom is -0.294 e. The first-order chi connectivity index (χ1) is 13.8. The number of carbonyl (C=O) groups is 2. The average Bonchev–Trinajstić information content (AvgIpc) is 2.68. The quantitative estimate of drug-likeness (QED) is 0.609. The lowest BCUT2D eigenvalue weighted by atomic mass is 9.76. The fourth-order valence-electron chi connectivity index (χ4n) is 4.21. The van der Waals surface area contributed by atoms with Crippen molar-refractivity contribution >= 4 is 29.0 Å². The molecule has 0 saturated heterocycles. The number of nitrogens with zero attached hydrogens (tertiary/aromatic N) is 1. The highest BCUT2D eigenvalue weighted by Gasteiger charge is 2.43. The zero-order valence-electron chi connectivity index (χ0n) is 15.3. The van der Waals surface area contributed by atoms with Gasteiger partial charge in [-0.1, -0.05) is 29.8 Å². The summed E-state index contributed by atoms with van der Waals surface area (Å²) in [6.07, 6.45) is -3.47. The number of ketones is 1. The van der Waals surface area contributed by atoms with Crippen molar-refractivity contribution in [3.63, 3.8) is 0 Å². The van der Waals surface area contributed by atoms with Gasteiger partial charge >= 0.3 is 6.18 Å². The zero-order valence-corrected chi connectivity index (χ0v) is 16.1. The Morgan fingerprint density at radius 2 is 1.66 bits per heavy atom. The highest BCUT2D eigenvalue weighted by atomic mass is 35.5. The topological polar surface area (TPSA) is 37.4 Å². The number of alkyl halides is 3. The van der Waals surface area contributed by atoms with Crippen molar-refractivity contribution in [2.75, 3.05) is 4.90 Å². The summed E-state index contributed by atoms with van der Waals surface area (Å²) < 4.78 is 40.8. The lowest BCUT2D eigenvalue weighted by molar-refractivity contribution is -0.138. The van der Waals surface area contributed by atoms with E-state index in [4.69, 9.17) is 11.6 Å². The molecule has 3 nitrogen and oxygen atoms in total. The van der Waals surface area contributed by atoms with Gasteiger partial charge in [0.1, 0.15) is 0 Å². The van der Waals surface area contributed by atoms with E-state index in [1.807, 2.05) is 0 Å². The Kier molecular flexibility index (Phi) is 4.99. The number of anilines is 1. The second-order valence-corrected chi connectivity index (χ2v) is 7.62. The molecule has 2 aromatic carbocycles. The summed E-state index contributed by atoms with van der Waals surface area (Å²) in [4.78, 5) is 27.3. The van der Waals surface area contributed by atoms with E-state index in [1.54, 1.807) is 24.3 Å². The van der Waals surface area contributed by atoms with Crippen molar-refractivity contribution in [3.05, 3.63) is 76.0 Å². The molecule has 7 heteroatoms. The van der Waals surface area contributed by atoms with Crippen LogP contribution in [0.4, 0.5) is 18.9 Å². The smallest absolute Gasteiger partial charge is 0.294 e. The van der Waals surface area contributed by atoms with Crippen molar-refractivity contribution < 1.29 is 22.8 Å². The first-order valence-electron chi connectivity index (χ1n) is 9.28. The second-order valence-electron chi connectivity index (χ2n) is 7.18. The van der Waals surface area contributed by atoms with Crippen LogP contribution in [-0.4, -0.2) is 11.7 Å². The molecule has 1 aliphatic carbocycles. The van der Waals surface area contributed by atoms with Crippen LogP contribution in [0, 0.1) is 0 Å². The second kappa shape index (κ2) is 7.34. The fourth-order valence-corrected chi connectivity index (χ4v) is 4.33. The van der Waals surface area contributed by atoms with Crippen LogP contribution in [0.25, 0.3) is 0 Å². The molecule has 150 valence electrons. The predicted octanol–water partition coefficient (Wildman–Crippen LogP) is 5.89. The number of hydrogen-bond donors (Lipinski definition) is 0. The Balaban J connectivity index is 1.89. The van der Waals surface area contributed by atoms with Gasteiger partial charge < -0.3 is 0 Å². The maximum Gasteiger partial charge on any atom is 0.416 e. The van der Waals surface area contributed by atoms with Gasteiger partial charge in [-0.05, 0) is 48.7 Å². The van der Waals surface area contributed by atoms with Crippen LogP contribution in [0.3, 0.4) is 0 Å². The van der Waals surface area contributed by atoms with Crippen LogP contribution in [0.5, 0.6) is 0 Å². The molecule has 0 aromatic heterocycles.